The molecule has 0 radical (unpaired) electrons. The molecule has 0 spiro atoms. The summed E-state index contributed by atoms with van der Waals surface area (Å²) < 4.78 is 18.4. The summed E-state index contributed by atoms with van der Waals surface area (Å²) in [6, 6.07) is 116. The third-order valence-corrected chi connectivity index (χ3v) is 16.5. The molecule has 9 nitrogen and oxygen atoms in total. The van der Waals surface area contributed by atoms with E-state index in [1.165, 1.54) is 0 Å². The maximum atomic E-state index is 14.0. The van der Waals surface area contributed by atoms with Gasteiger partial charge in [-0.1, -0.05) is 176 Å². The quantitative estimate of drug-likeness (QED) is 0.0396. The highest BCUT2D eigenvalue weighted by Gasteiger charge is 2.37. The normalized spacial score (nSPS) is 11.0. The summed E-state index contributed by atoms with van der Waals surface area (Å²) >= 11 is 0. The van der Waals surface area contributed by atoms with Gasteiger partial charge in [-0.25, -0.2) is 14.4 Å². The van der Waals surface area contributed by atoms with Crippen molar-refractivity contribution in [3.8, 4) is 17.2 Å². The Balaban J connectivity index is 0.802. The highest BCUT2D eigenvalue weighted by atomic mass is 16.5. The average Bonchev–Trinajstić information content (AvgIpc) is 0.784. The van der Waals surface area contributed by atoms with Crippen LogP contribution in [0.2, 0.25) is 0 Å². The summed E-state index contributed by atoms with van der Waals surface area (Å²) in [5.41, 5.74) is 12.7. The van der Waals surface area contributed by atoms with Gasteiger partial charge in [-0.2, -0.15) is 0 Å². The van der Waals surface area contributed by atoms with Crippen LogP contribution in [0.5, 0.6) is 17.2 Å². The summed E-state index contributed by atoms with van der Waals surface area (Å²) in [6.45, 7) is 0. The zero-order valence-electron chi connectivity index (χ0n) is 50.8. The van der Waals surface area contributed by atoms with Crippen LogP contribution in [0, 0.1) is 0 Å². The predicted molar refractivity (Wildman–Crippen MR) is 372 cm³/mol. The first-order valence-electron chi connectivity index (χ1n) is 30.9. The van der Waals surface area contributed by atoms with E-state index in [-0.39, 0.29) is 0 Å². The van der Waals surface area contributed by atoms with Crippen molar-refractivity contribution >= 4 is 69.1 Å². The van der Waals surface area contributed by atoms with Gasteiger partial charge in [0.05, 0.1) is 16.7 Å². The van der Waals surface area contributed by atoms with Crippen molar-refractivity contribution in [2.45, 2.75) is 18.3 Å². The molecule has 0 fully saturated rings. The number of carbonyl (C=O) groups excluding carboxylic acids is 3. The van der Waals surface area contributed by atoms with Crippen molar-refractivity contribution in [2.24, 2.45) is 0 Å². The number of benzene rings is 13. The van der Waals surface area contributed by atoms with Crippen LogP contribution in [-0.2, 0) is 11.8 Å². The van der Waals surface area contributed by atoms with Gasteiger partial charge < -0.3 is 28.9 Å². The van der Waals surface area contributed by atoms with Crippen molar-refractivity contribution < 1.29 is 28.6 Å². The molecular weight excluding hydrogens is 1150 g/mol. The van der Waals surface area contributed by atoms with E-state index in [0.29, 0.717) is 46.8 Å². The Bertz CT molecular complexity index is 4010. The molecule has 0 heterocycles. The van der Waals surface area contributed by atoms with Crippen LogP contribution in [0.25, 0.3) is 0 Å². The number of hydrogen-bond donors (Lipinski definition) is 0. The van der Waals surface area contributed by atoms with Gasteiger partial charge in [-0.15, -0.1) is 0 Å². The molecule has 0 aliphatic carbocycles. The van der Waals surface area contributed by atoms with Crippen molar-refractivity contribution in [3.05, 3.63) is 397 Å². The van der Waals surface area contributed by atoms with E-state index in [1.54, 1.807) is 36.4 Å². The number of ether oxygens (including phenoxy) is 3. The SMILES string of the molecule is O=C(Oc1ccc(C(CCc2ccccc2)(c2ccc(OC(=O)c3ccc(N(c4ccccc4)c4ccccc4)cc3)cc2)c2ccc(OC(=O)c3ccc(N(c4ccccc4)c4ccccc4)cc3)cc2)cc1)c1ccc(N(c2ccccc2)c2ccccc2)cc1. The predicted octanol–water partition coefficient (Wildman–Crippen LogP) is 20.7. The minimum atomic E-state index is -0.874. The van der Waals surface area contributed by atoms with Crippen LogP contribution < -0.4 is 28.9 Å². The van der Waals surface area contributed by atoms with Gasteiger partial charge in [0.1, 0.15) is 17.2 Å². The molecule has 13 rings (SSSR count). The van der Waals surface area contributed by atoms with Gasteiger partial charge in [0.2, 0.25) is 0 Å². The van der Waals surface area contributed by atoms with Gasteiger partial charge in [0.15, 0.2) is 0 Å². The first kappa shape index (κ1) is 59.6. The molecule has 0 amide bonds. The first-order chi connectivity index (χ1) is 45.8. The standard InChI is InChI=1S/C84H63N3O6/c88-81(63-36-48-75(49-37-63)85(69-24-10-2-11-25-69)70-26-12-3-13-27-70)91-78-54-42-66(43-55-78)84(61-60-62-22-8-1-9-23-62,67-44-56-79(57-45-67)92-82(89)64-38-50-76(51-39-64)86(71-28-14-4-15-29-71)72-30-16-5-17-31-72)68-46-58-80(59-47-68)93-83(90)65-40-52-77(53-41-65)87(73-32-18-6-19-33-73)74-34-20-7-21-35-74/h1-59H,60-61H2. The number of anilines is 9. The summed E-state index contributed by atoms with van der Waals surface area (Å²) in [5.74, 6) is -0.398. The lowest BCUT2D eigenvalue weighted by Crippen LogP contribution is -2.30. The number of nitrogens with zero attached hydrogens (tertiary/aromatic N) is 3. The third-order valence-electron chi connectivity index (χ3n) is 16.5. The number of esters is 3. The Kier molecular flexibility index (Phi) is 18.0. The molecule has 0 bridgehead atoms. The van der Waals surface area contributed by atoms with Gasteiger partial charge >= 0.3 is 17.9 Å². The number of rotatable bonds is 21. The minimum Gasteiger partial charge on any atom is -0.423 e. The molecule has 0 atom stereocenters. The summed E-state index contributed by atoms with van der Waals surface area (Å²) in [4.78, 5) is 48.4. The molecule has 0 aromatic heterocycles. The number of hydrogen-bond acceptors (Lipinski definition) is 9. The molecule has 0 saturated heterocycles. The number of carbonyl (C=O) groups is 3. The van der Waals surface area contributed by atoms with Crippen LogP contribution in [0.3, 0.4) is 0 Å². The van der Waals surface area contributed by atoms with Crippen LogP contribution in [-0.4, -0.2) is 17.9 Å². The zero-order chi connectivity index (χ0) is 63.2. The molecule has 0 saturated carbocycles. The Hall–Kier alpha value is -12.3. The lowest BCUT2D eigenvalue weighted by Gasteiger charge is -2.36. The van der Waals surface area contributed by atoms with E-state index >= 15 is 0 Å². The monoisotopic (exact) mass is 1210 g/mol. The molecular formula is C84H63N3O6. The lowest BCUT2D eigenvalue weighted by molar-refractivity contribution is 0.0725. The molecule has 450 valence electrons. The van der Waals surface area contributed by atoms with E-state index in [1.807, 2.05) is 237 Å². The zero-order valence-corrected chi connectivity index (χ0v) is 50.8. The highest BCUT2D eigenvalue weighted by Crippen LogP contribution is 2.46. The topological polar surface area (TPSA) is 88.6 Å². The Morgan fingerprint density at radius 1 is 0.237 bits per heavy atom. The summed E-state index contributed by atoms with van der Waals surface area (Å²) in [6.07, 6.45) is 1.24. The molecule has 0 N–H and O–H groups in total. The van der Waals surface area contributed by atoms with Gasteiger partial charge in [-0.3, -0.25) is 0 Å². The average molecular weight is 1210 g/mol. The third kappa shape index (κ3) is 13.6. The molecule has 9 heteroatoms. The maximum Gasteiger partial charge on any atom is 0.343 e. The smallest absolute Gasteiger partial charge is 0.343 e. The number of para-hydroxylation sites is 6. The van der Waals surface area contributed by atoms with Gasteiger partial charge in [0, 0.05) is 56.6 Å². The maximum absolute atomic E-state index is 14.0. The lowest BCUT2D eigenvalue weighted by atomic mass is 9.66. The summed E-state index contributed by atoms with van der Waals surface area (Å²) in [7, 11) is 0. The fraction of sp³-hybridized carbons (Fsp3) is 0.0357. The van der Waals surface area contributed by atoms with E-state index in [0.717, 1.165) is 73.4 Å². The van der Waals surface area contributed by atoms with E-state index in [4.69, 9.17) is 14.2 Å². The Morgan fingerprint density at radius 2 is 0.441 bits per heavy atom. The van der Waals surface area contributed by atoms with Gasteiger partial charge in [-0.05, 0) is 217 Å². The second-order valence-electron chi connectivity index (χ2n) is 22.3. The van der Waals surface area contributed by atoms with E-state index in [9.17, 15) is 14.4 Å². The minimum absolute atomic E-state index is 0.367. The van der Waals surface area contributed by atoms with Crippen molar-refractivity contribution in [2.75, 3.05) is 14.7 Å². The Morgan fingerprint density at radius 3 is 0.667 bits per heavy atom. The number of aryl methyl sites for hydroxylation is 1. The van der Waals surface area contributed by atoms with Crippen LogP contribution >= 0.6 is 0 Å². The van der Waals surface area contributed by atoms with Gasteiger partial charge in [0.25, 0.3) is 0 Å². The Labute approximate surface area is 541 Å². The fourth-order valence-electron chi connectivity index (χ4n) is 11.9. The molecule has 0 aliphatic heterocycles. The summed E-state index contributed by atoms with van der Waals surface area (Å²) in [5, 5.41) is 0. The molecule has 13 aromatic carbocycles. The molecule has 93 heavy (non-hydrogen) atoms. The van der Waals surface area contributed by atoms with E-state index in [2.05, 4.69) is 99.6 Å². The van der Waals surface area contributed by atoms with Crippen molar-refractivity contribution in [3.63, 3.8) is 0 Å². The van der Waals surface area contributed by atoms with Crippen molar-refractivity contribution in [1.29, 1.82) is 0 Å². The van der Waals surface area contributed by atoms with E-state index < -0.39 is 23.3 Å². The largest absolute Gasteiger partial charge is 0.423 e. The molecule has 0 aliphatic rings. The second-order valence-corrected chi connectivity index (χ2v) is 22.3. The van der Waals surface area contributed by atoms with Crippen LogP contribution in [0.1, 0.15) is 59.7 Å². The fourth-order valence-corrected chi connectivity index (χ4v) is 11.9. The van der Waals surface area contributed by atoms with Crippen molar-refractivity contribution in [1.82, 2.24) is 0 Å². The van der Waals surface area contributed by atoms with Crippen LogP contribution in [0.15, 0.2) is 358 Å². The first-order valence-corrected chi connectivity index (χ1v) is 30.9. The molecule has 0 unspecified atom stereocenters. The van der Waals surface area contributed by atoms with Crippen LogP contribution in [0.4, 0.5) is 51.2 Å². The highest BCUT2D eigenvalue weighted by molar-refractivity contribution is 5.94. The molecule has 13 aromatic rings. The second kappa shape index (κ2) is 28.0.